The van der Waals surface area contributed by atoms with Crippen molar-refractivity contribution in [1.29, 1.82) is 0 Å². The zero-order valence-corrected chi connectivity index (χ0v) is 29.6. The Morgan fingerprint density at radius 1 is 0.365 bits per heavy atom. The van der Waals surface area contributed by atoms with Crippen LogP contribution in [0.2, 0.25) is 0 Å². The first-order valence-electron chi connectivity index (χ1n) is 18.2. The average Bonchev–Trinajstić information content (AvgIpc) is 3.55. The molecule has 0 bridgehead atoms. The van der Waals surface area contributed by atoms with Gasteiger partial charge in [-0.1, -0.05) is 143 Å². The number of nitrogens with zero attached hydrogens (tertiary/aromatic N) is 3. The highest BCUT2D eigenvalue weighted by molar-refractivity contribution is 6.26. The molecular weight excluding hydrogens is 631 g/mol. The molecule has 0 unspecified atom stereocenters. The third-order valence-corrected chi connectivity index (χ3v) is 12.0. The number of aromatic nitrogens is 3. The van der Waals surface area contributed by atoms with Crippen molar-refractivity contribution in [2.75, 3.05) is 0 Å². The Kier molecular flexibility index (Phi) is 5.79. The van der Waals surface area contributed by atoms with Gasteiger partial charge >= 0.3 is 0 Å². The summed E-state index contributed by atoms with van der Waals surface area (Å²) < 4.78 is 0. The zero-order chi connectivity index (χ0) is 34.9. The van der Waals surface area contributed by atoms with Gasteiger partial charge in [0.05, 0.1) is 0 Å². The van der Waals surface area contributed by atoms with Crippen LogP contribution in [0.15, 0.2) is 140 Å². The van der Waals surface area contributed by atoms with E-state index in [1.165, 1.54) is 76.8 Å². The van der Waals surface area contributed by atoms with Crippen LogP contribution in [0.3, 0.4) is 0 Å². The maximum atomic E-state index is 5.06. The molecule has 0 spiro atoms. The van der Waals surface area contributed by atoms with Crippen molar-refractivity contribution in [3.05, 3.63) is 162 Å². The van der Waals surface area contributed by atoms with E-state index in [1.54, 1.807) is 0 Å². The van der Waals surface area contributed by atoms with Crippen molar-refractivity contribution in [2.24, 2.45) is 0 Å². The highest BCUT2D eigenvalue weighted by Crippen LogP contribution is 2.58. The van der Waals surface area contributed by atoms with Crippen molar-refractivity contribution in [1.82, 2.24) is 15.0 Å². The van der Waals surface area contributed by atoms with Crippen LogP contribution in [0.5, 0.6) is 0 Å². The number of benzene rings is 8. The van der Waals surface area contributed by atoms with Crippen LogP contribution >= 0.6 is 0 Å². The van der Waals surface area contributed by atoms with Gasteiger partial charge in [0.1, 0.15) is 0 Å². The molecule has 0 aliphatic heterocycles. The predicted molar refractivity (Wildman–Crippen MR) is 215 cm³/mol. The second-order valence-corrected chi connectivity index (χ2v) is 15.6. The molecular formula is C49H35N3. The highest BCUT2D eigenvalue weighted by Gasteiger charge is 2.42. The van der Waals surface area contributed by atoms with Gasteiger partial charge in [0, 0.05) is 27.5 Å². The minimum atomic E-state index is -0.218. The standard InChI is InChI=1S/C49H35N3/c1-48(2)38-25-33(47-51-45(30-12-7-5-8-13-30)50-46(52-47)31-14-9-6-10-15-31)21-22-34(38)36-26-40-37(27-39(36)48)44-35-23-20-29-17-11-16-28-18-19-32(43(35)42(28)29)24-41(44)49(40,3)4/h5-27H,1-4H3. The summed E-state index contributed by atoms with van der Waals surface area (Å²) in [5.41, 5.74) is 13.5. The van der Waals surface area contributed by atoms with Gasteiger partial charge in [0.25, 0.3) is 0 Å². The van der Waals surface area contributed by atoms with E-state index in [0.29, 0.717) is 17.5 Å². The van der Waals surface area contributed by atoms with Gasteiger partial charge in [0.2, 0.25) is 0 Å². The Morgan fingerprint density at radius 3 is 1.58 bits per heavy atom. The maximum absolute atomic E-state index is 5.06. The molecule has 1 aromatic heterocycles. The van der Waals surface area contributed by atoms with Crippen LogP contribution < -0.4 is 0 Å². The van der Waals surface area contributed by atoms with Crippen LogP contribution in [0.25, 0.3) is 88.7 Å². The SMILES string of the molecule is CC1(C)c2cc(-c3nc(-c4ccccc4)nc(-c4ccccc4)n3)ccc2-c2cc3c(cc21)-c1c(cc2ccc4cccc5ccc1c2c45)C3(C)C. The first-order valence-corrected chi connectivity index (χ1v) is 18.2. The Bertz CT molecular complexity index is 2870. The van der Waals surface area contributed by atoms with E-state index in [0.717, 1.165) is 16.7 Å². The minimum absolute atomic E-state index is 0.135. The van der Waals surface area contributed by atoms with E-state index < -0.39 is 0 Å². The van der Waals surface area contributed by atoms with Gasteiger partial charge in [0.15, 0.2) is 17.5 Å². The molecule has 2 aliphatic carbocycles. The lowest BCUT2D eigenvalue weighted by molar-refractivity contribution is 0.652. The maximum Gasteiger partial charge on any atom is 0.164 e. The summed E-state index contributed by atoms with van der Waals surface area (Å²) >= 11 is 0. The normalized spacial score (nSPS) is 14.8. The second-order valence-electron chi connectivity index (χ2n) is 15.6. The molecule has 3 heteroatoms. The Hall–Kier alpha value is -6.19. The summed E-state index contributed by atoms with van der Waals surface area (Å²) in [6.07, 6.45) is 0. The van der Waals surface area contributed by atoms with Crippen LogP contribution in [-0.2, 0) is 10.8 Å². The number of hydrogen-bond donors (Lipinski definition) is 0. The van der Waals surface area contributed by atoms with E-state index in [-0.39, 0.29) is 10.8 Å². The number of rotatable bonds is 3. The van der Waals surface area contributed by atoms with Crippen LogP contribution in [0.4, 0.5) is 0 Å². The quantitative estimate of drug-likeness (QED) is 0.176. The molecule has 11 rings (SSSR count). The molecule has 52 heavy (non-hydrogen) atoms. The summed E-state index contributed by atoms with van der Waals surface area (Å²) in [4.78, 5) is 15.0. The van der Waals surface area contributed by atoms with E-state index in [4.69, 9.17) is 15.0 Å². The van der Waals surface area contributed by atoms with Crippen LogP contribution in [0.1, 0.15) is 49.9 Å². The molecule has 8 aromatic carbocycles. The van der Waals surface area contributed by atoms with Gasteiger partial charge in [-0.3, -0.25) is 0 Å². The van der Waals surface area contributed by atoms with Crippen LogP contribution in [0, 0.1) is 0 Å². The fourth-order valence-corrected chi connectivity index (χ4v) is 9.32. The molecule has 0 atom stereocenters. The molecule has 1 heterocycles. The van der Waals surface area contributed by atoms with E-state index in [9.17, 15) is 0 Å². The molecule has 0 saturated heterocycles. The third-order valence-electron chi connectivity index (χ3n) is 12.0. The fraction of sp³-hybridized carbons (Fsp3) is 0.122. The lowest BCUT2D eigenvalue weighted by Gasteiger charge is -2.24. The smallest absolute Gasteiger partial charge is 0.164 e. The number of hydrogen-bond acceptors (Lipinski definition) is 3. The second kappa shape index (κ2) is 10.2. The molecule has 0 amide bonds. The molecule has 2 aliphatic rings. The lowest BCUT2D eigenvalue weighted by Crippen LogP contribution is -2.17. The van der Waals surface area contributed by atoms with Crippen molar-refractivity contribution in [3.63, 3.8) is 0 Å². The zero-order valence-electron chi connectivity index (χ0n) is 29.6. The first kappa shape index (κ1) is 29.5. The van der Waals surface area contributed by atoms with E-state index in [2.05, 4.69) is 131 Å². The Balaban J connectivity index is 1.09. The first-order chi connectivity index (χ1) is 25.3. The monoisotopic (exact) mass is 665 g/mol. The largest absolute Gasteiger partial charge is 0.208 e. The average molecular weight is 666 g/mol. The highest BCUT2D eigenvalue weighted by atomic mass is 15.0. The summed E-state index contributed by atoms with van der Waals surface area (Å²) in [5.74, 6) is 2.04. The van der Waals surface area contributed by atoms with E-state index >= 15 is 0 Å². The molecule has 3 nitrogen and oxygen atoms in total. The van der Waals surface area contributed by atoms with Gasteiger partial charge < -0.3 is 0 Å². The van der Waals surface area contributed by atoms with Gasteiger partial charge in [-0.15, -0.1) is 0 Å². The van der Waals surface area contributed by atoms with Gasteiger partial charge in [-0.2, -0.15) is 0 Å². The Morgan fingerprint density at radius 2 is 0.904 bits per heavy atom. The predicted octanol–water partition coefficient (Wildman–Crippen LogP) is 12.4. The minimum Gasteiger partial charge on any atom is -0.208 e. The van der Waals surface area contributed by atoms with Gasteiger partial charge in [-0.05, 0) is 101 Å². The molecule has 0 N–H and O–H groups in total. The van der Waals surface area contributed by atoms with Crippen molar-refractivity contribution < 1.29 is 0 Å². The van der Waals surface area contributed by atoms with Gasteiger partial charge in [-0.25, -0.2) is 15.0 Å². The molecule has 9 aromatic rings. The van der Waals surface area contributed by atoms with Crippen LogP contribution in [-0.4, -0.2) is 15.0 Å². The fourth-order valence-electron chi connectivity index (χ4n) is 9.32. The lowest BCUT2D eigenvalue weighted by atomic mass is 9.79. The Labute approximate surface area is 303 Å². The van der Waals surface area contributed by atoms with Crippen molar-refractivity contribution >= 4 is 32.3 Å². The summed E-state index contributed by atoms with van der Waals surface area (Å²) in [6.45, 7) is 9.55. The molecule has 246 valence electrons. The summed E-state index contributed by atoms with van der Waals surface area (Å²) in [6, 6.07) is 50.7. The topological polar surface area (TPSA) is 38.7 Å². The van der Waals surface area contributed by atoms with E-state index in [1.807, 2.05) is 36.4 Å². The van der Waals surface area contributed by atoms with Crippen molar-refractivity contribution in [2.45, 2.75) is 38.5 Å². The summed E-state index contributed by atoms with van der Waals surface area (Å²) in [7, 11) is 0. The summed E-state index contributed by atoms with van der Waals surface area (Å²) in [5, 5.41) is 8.05. The molecule has 0 saturated carbocycles. The van der Waals surface area contributed by atoms with Crippen molar-refractivity contribution in [3.8, 4) is 56.4 Å². The third kappa shape index (κ3) is 3.94. The molecule has 0 radical (unpaired) electrons. The molecule has 0 fully saturated rings. The number of fused-ring (bicyclic) bond motifs is 7.